The van der Waals surface area contributed by atoms with Crippen LogP contribution in [0.2, 0.25) is 0 Å². The van der Waals surface area contributed by atoms with Crippen LogP contribution in [0.5, 0.6) is 0 Å². The van der Waals surface area contributed by atoms with Gasteiger partial charge in [-0.25, -0.2) is 0 Å². The fraction of sp³-hybridized carbons (Fsp3) is 0.205. The van der Waals surface area contributed by atoms with E-state index in [4.69, 9.17) is 0 Å². The summed E-state index contributed by atoms with van der Waals surface area (Å²) < 4.78 is 2.66. The second kappa shape index (κ2) is 18.9. The van der Waals surface area contributed by atoms with Crippen molar-refractivity contribution in [3.63, 3.8) is 0 Å². The molecule has 405 valence electrons. The highest BCUT2D eigenvalue weighted by Gasteiger charge is 2.41. The normalized spacial score (nSPS) is 16.0. The maximum absolute atomic E-state index is 4.22. The van der Waals surface area contributed by atoms with E-state index >= 15 is 0 Å². The Morgan fingerprint density at radius 2 is 0.928 bits per heavy atom. The van der Waals surface area contributed by atoms with Crippen LogP contribution in [0.25, 0.3) is 60.2 Å². The van der Waals surface area contributed by atoms with Crippen molar-refractivity contribution in [3.05, 3.63) is 247 Å². The third-order valence-corrected chi connectivity index (χ3v) is 19.4. The molecule has 0 saturated carbocycles. The van der Waals surface area contributed by atoms with Gasteiger partial charge in [-0.2, -0.15) is 0 Å². The van der Waals surface area contributed by atoms with Crippen LogP contribution < -0.4 is 26.0 Å². The fourth-order valence-electron chi connectivity index (χ4n) is 14.6. The summed E-state index contributed by atoms with van der Waals surface area (Å²) in [5, 5.41) is 11.6. The van der Waals surface area contributed by atoms with Crippen LogP contribution in [0, 0.1) is 0 Å². The van der Waals surface area contributed by atoms with Gasteiger partial charge < -0.3 is 19.7 Å². The molecule has 2 heterocycles. The van der Waals surface area contributed by atoms with Crippen molar-refractivity contribution in [2.45, 2.75) is 103 Å². The van der Waals surface area contributed by atoms with E-state index in [0.29, 0.717) is 0 Å². The molecular weight excluding hydrogens is 1000 g/mol. The van der Waals surface area contributed by atoms with Gasteiger partial charge in [-0.1, -0.05) is 194 Å². The van der Waals surface area contributed by atoms with E-state index < -0.39 is 0 Å². The van der Waals surface area contributed by atoms with Crippen molar-refractivity contribution in [1.82, 2.24) is 4.57 Å². The largest absolute Gasteiger partial charge is 0.355 e. The summed E-state index contributed by atoms with van der Waals surface area (Å²) in [5.74, 6) is 0. The van der Waals surface area contributed by atoms with Crippen LogP contribution in [0.3, 0.4) is 0 Å². The van der Waals surface area contributed by atoms with Gasteiger partial charge in [-0.3, -0.25) is 0 Å². The Balaban J connectivity index is 1.09. The fourth-order valence-corrected chi connectivity index (χ4v) is 14.6. The highest BCUT2D eigenvalue weighted by Crippen LogP contribution is 2.53. The zero-order chi connectivity index (χ0) is 56.6. The molecule has 12 aromatic rings. The Bertz CT molecular complexity index is 4530. The van der Waals surface area contributed by atoms with E-state index in [-0.39, 0.29) is 21.7 Å². The maximum atomic E-state index is 4.22. The van der Waals surface area contributed by atoms with Gasteiger partial charge in [0.15, 0.2) is 7.28 Å². The van der Waals surface area contributed by atoms with Gasteiger partial charge in [-0.15, -0.1) is 0 Å². The second-order valence-corrected chi connectivity index (χ2v) is 26.6. The molecule has 4 nitrogen and oxygen atoms in total. The predicted octanol–water partition coefficient (Wildman–Crippen LogP) is 20.1. The first-order valence-electron chi connectivity index (χ1n) is 30.0. The summed E-state index contributed by atoms with van der Waals surface area (Å²) in [6.45, 7) is 19.5. The topological polar surface area (TPSA) is 23.4 Å². The number of benzene rings is 11. The molecule has 83 heavy (non-hydrogen) atoms. The number of nitrogens with one attached hydrogen (secondary N) is 1. The third kappa shape index (κ3) is 8.32. The Labute approximate surface area is 490 Å². The van der Waals surface area contributed by atoms with Crippen LogP contribution in [0.4, 0.5) is 45.5 Å². The number of nitrogens with zero attached hydrogens (tertiary/aromatic N) is 3. The van der Waals surface area contributed by atoms with Gasteiger partial charge >= 0.3 is 0 Å². The van der Waals surface area contributed by atoms with Crippen LogP contribution in [0.15, 0.2) is 224 Å². The van der Waals surface area contributed by atoms with Gasteiger partial charge in [0.1, 0.15) is 0 Å². The van der Waals surface area contributed by atoms with E-state index in [1.807, 2.05) is 0 Å². The molecule has 0 spiro atoms. The summed E-state index contributed by atoms with van der Waals surface area (Å²) in [7, 11) is 2.56. The summed E-state index contributed by atoms with van der Waals surface area (Å²) >= 11 is 0. The lowest BCUT2D eigenvalue weighted by Gasteiger charge is -2.43. The van der Waals surface area contributed by atoms with E-state index in [0.717, 1.165) is 82.3 Å². The van der Waals surface area contributed by atoms with Crippen LogP contribution in [0.1, 0.15) is 103 Å². The van der Waals surface area contributed by atoms with Crippen molar-refractivity contribution in [2.75, 3.05) is 15.1 Å². The molecule has 11 aromatic carbocycles. The number of hydrogen-bond donors (Lipinski definition) is 1. The molecule has 0 unspecified atom stereocenters. The highest BCUT2D eigenvalue weighted by atomic mass is 15.2. The van der Waals surface area contributed by atoms with Crippen LogP contribution in [-0.2, 0) is 21.7 Å². The molecule has 1 aliphatic heterocycles. The smallest absolute Gasteiger partial charge is 0.197 e. The van der Waals surface area contributed by atoms with E-state index in [1.165, 1.54) is 82.2 Å². The molecule has 2 aliphatic carbocycles. The Morgan fingerprint density at radius 1 is 0.398 bits per heavy atom. The number of para-hydroxylation sites is 3. The first-order valence-corrected chi connectivity index (χ1v) is 30.0. The Hall–Kier alpha value is -8.80. The zero-order valence-corrected chi connectivity index (χ0v) is 49.1. The van der Waals surface area contributed by atoms with Gasteiger partial charge in [0, 0.05) is 61.8 Å². The minimum Gasteiger partial charge on any atom is -0.355 e. The molecule has 0 bridgehead atoms. The number of aromatic nitrogens is 1. The third-order valence-electron chi connectivity index (χ3n) is 19.4. The van der Waals surface area contributed by atoms with Gasteiger partial charge in [0.2, 0.25) is 0 Å². The summed E-state index contributed by atoms with van der Waals surface area (Å²) in [5.41, 5.74) is 23.1. The van der Waals surface area contributed by atoms with Crippen molar-refractivity contribution in [3.8, 4) is 16.8 Å². The summed E-state index contributed by atoms with van der Waals surface area (Å²) in [4.78, 5) is 4.93. The van der Waals surface area contributed by atoms with Gasteiger partial charge in [0.25, 0.3) is 0 Å². The zero-order valence-electron chi connectivity index (χ0n) is 49.1. The molecule has 0 fully saturated rings. The van der Waals surface area contributed by atoms with Crippen molar-refractivity contribution < 1.29 is 0 Å². The monoisotopic (exact) mass is 1070 g/mol. The quantitative estimate of drug-likeness (QED) is 0.146. The number of anilines is 8. The molecule has 0 amide bonds. The van der Waals surface area contributed by atoms with Crippen molar-refractivity contribution in [2.24, 2.45) is 0 Å². The molecule has 1 radical (unpaired) electrons. The minimum atomic E-state index is 0.0134. The Kier molecular flexibility index (Phi) is 11.6. The van der Waals surface area contributed by atoms with Crippen molar-refractivity contribution >= 4 is 107 Å². The average molecular weight is 1070 g/mol. The predicted molar refractivity (Wildman–Crippen MR) is 356 cm³/mol. The first kappa shape index (κ1) is 51.1. The molecule has 15 rings (SSSR count). The lowest BCUT2D eigenvalue weighted by molar-refractivity contribution is 0.332. The lowest BCUT2D eigenvalue weighted by atomic mass is 9.55. The number of rotatable bonds is 9. The summed E-state index contributed by atoms with van der Waals surface area (Å²) in [6.07, 6.45) is 4.59. The SMILES string of the molecule is CC1(C)CCC(C)(C)c2cc(Nc3cc(N(c4ccccc4)c4ccccc4)ccc3-c3cc(N(c4ccccc4)c4ccc5ccccc5c4)c4c5c6ccccc6ccc5n5c4c3[B]c3cc4c(cc3-5)C(C)(C)CCC4(C)C)ccc21. The lowest BCUT2D eigenvalue weighted by Crippen LogP contribution is -2.41. The van der Waals surface area contributed by atoms with E-state index in [2.05, 4.69) is 307 Å². The van der Waals surface area contributed by atoms with Crippen LogP contribution in [-0.4, -0.2) is 11.8 Å². The van der Waals surface area contributed by atoms with E-state index in [9.17, 15) is 0 Å². The van der Waals surface area contributed by atoms with Crippen LogP contribution >= 0.6 is 0 Å². The molecular formula is C78H70BN4. The number of hydrogen-bond acceptors (Lipinski definition) is 3. The van der Waals surface area contributed by atoms with E-state index in [1.54, 1.807) is 0 Å². The molecule has 0 atom stereocenters. The second-order valence-electron chi connectivity index (χ2n) is 26.6. The Morgan fingerprint density at radius 3 is 1.59 bits per heavy atom. The summed E-state index contributed by atoms with van der Waals surface area (Å²) in [6, 6.07) is 84.2. The highest BCUT2D eigenvalue weighted by molar-refractivity contribution is 6.74. The minimum absolute atomic E-state index is 0.0134. The average Bonchev–Trinajstić information content (AvgIpc) is 1.82. The molecule has 5 heteroatoms. The number of fused-ring (bicyclic) bond motifs is 10. The molecule has 3 aliphatic rings. The molecule has 1 aromatic heterocycles. The van der Waals surface area contributed by atoms with Gasteiger partial charge in [0.05, 0.1) is 16.7 Å². The van der Waals surface area contributed by atoms with Crippen molar-refractivity contribution in [1.29, 1.82) is 0 Å². The standard InChI is InChI=1S/C78H70BN4/c1-75(2)40-41-76(3,4)63-45-53(34-38-62(63)75)80-67-46-58(81(54-25-12-9-13-26-54)55-27-14-10-15-28-55)36-37-60(67)61-47-70(82(56-29-16-11-17-30-56)57-35-32-50-22-18-19-24-52(50)44-57)72-71-59-31-21-20-23-51(59)33-39-68(71)83-69-49-65-64(48-66(69)79-73(61)74(72)83)77(5,6)42-43-78(65,7)8/h9-39,44-49,80H,40-43H2,1-8H3. The first-order chi connectivity index (χ1) is 40.1. The molecule has 0 saturated heterocycles. The van der Waals surface area contributed by atoms with Gasteiger partial charge in [-0.05, 0) is 193 Å². The molecule has 1 N–H and O–H groups in total. The maximum Gasteiger partial charge on any atom is 0.197 e.